The van der Waals surface area contributed by atoms with Gasteiger partial charge in [0.25, 0.3) is 0 Å². The zero-order chi connectivity index (χ0) is 14.3. The first-order chi connectivity index (χ1) is 8.77. The summed E-state index contributed by atoms with van der Waals surface area (Å²) < 4.78 is 11.8. The van der Waals surface area contributed by atoms with Crippen LogP contribution in [0.15, 0.2) is 12.1 Å². The Bertz CT molecular complexity index is 489. The Labute approximate surface area is 118 Å². The first-order valence-electron chi connectivity index (χ1n) is 6.21. The quantitative estimate of drug-likeness (QED) is 0.626. The molecule has 2 rings (SSSR count). The molecule has 1 aliphatic heterocycles. The van der Waals surface area contributed by atoms with Crippen LogP contribution in [0.5, 0.6) is 0 Å². The van der Waals surface area contributed by atoms with Crippen molar-refractivity contribution in [1.29, 1.82) is 0 Å². The van der Waals surface area contributed by atoms with E-state index in [1.165, 1.54) is 0 Å². The number of carbonyl (C=O) groups excluding carboxylic acids is 1. The summed E-state index contributed by atoms with van der Waals surface area (Å²) in [6.07, 6.45) is 0.967. The molecule has 0 spiro atoms. The van der Waals surface area contributed by atoms with Gasteiger partial charge in [0.2, 0.25) is 0 Å². The standard InChI is InChI=1S/C13H17BClNO3/c1-12(2)13(3,4)19-14(18-12)11-6-5-9(15)10(16-11)7-8-17/h5-6,8H,7H2,1-4H3. The highest BCUT2D eigenvalue weighted by Gasteiger charge is 2.52. The fraction of sp³-hybridized carbons (Fsp3) is 0.538. The molecule has 1 fully saturated rings. The molecule has 0 radical (unpaired) electrons. The second-order valence-electron chi connectivity index (χ2n) is 5.62. The lowest BCUT2D eigenvalue weighted by Gasteiger charge is -2.32. The summed E-state index contributed by atoms with van der Waals surface area (Å²) in [6, 6.07) is 3.48. The second kappa shape index (κ2) is 4.89. The van der Waals surface area contributed by atoms with Gasteiger partial charge in [-0.15, -0.1) is 0 Å². The van der Waals surface area contributed by atoms with E-state index >= 15 is 0 Å². The Morgan fingerprint density at radius 1 is 1.26 bits per heavy atom. The number of hydrogen-bond donors (Lipinski definition) is 0. The number of rotatable bonds is 3. The van der Waals surface area contributed by atoms with Crippen LogP contribution in [0.3, 0.4) is 0 Å². The molecule has 4 nitrogen and oxygen atoms in total. The zero-order valence-corrected chi connectivity index (χ0v) is 12.3. The minimum absolute atomic E-state index is 0.187. The molecule has 1 saturated heterocycles. The molecule has 0 unspecified atom stereocenters. The molecule has 0 atom stereocenters. The van der Waals surface area contributed by atoms with Crippen molar-refractivity contribution in [2.24, 2.45) is 0 Å². The fourth-order valence-corrected chi connectivity index (χ4v) is 2.00. The molecule has 0 N–H and O–H groups in total. The maximum Gasteiger partial charge on any atom is 0.514 e. The summed E-state index contributed by atoms with van der Waals surface area (Å²) in [6.45, 7) is 7.93. The predicted octanol–water partition coefficient (Wildman–Crippen LogP) is 1.78. The summed E-state index contributed by atoms with van der Waals surface area (Å²) in [5.74, 6) is 0. The third-order valence-corrected chi connectivity index (χ3v) is 4.06. The molecular formula is C13H17BClNO3. The number of halogens is 1. The van der Waals surface area contributed by atoms with Crippen molar-refractivity contribution in [3.05, 3.63) is 22.8 Å². The van der Waals surface area contributed by atoms with Gasteiger partial charge in [0.1, 0.15) is 6.29 Å². The number of aromatic nitrogens is 1. The Morgan fingerprint density at radius 3 is 2.37 bits per heavy atom. The van der Waals surface area contributed by atoms with E-state index < -0.39 is 18.3 Å². The highest BCUT2D eigenvalue weighted by Crippen LogP contribution is 2.36. The Balaban J connectivity index is 2.29. The molecule has 19 heavy (non-hydrogen) atoms. The maximum absolute atomic E-state index is 10.6. The van der Waals surface area contributed by atoms with E-state index in [4.69, 9.17) is 20.9 Å². The number of hydrogen-bond acceptors (Lipinski definition) is 4. The SMILES string of the molecule is CC1(C)OB(c2ccc(Cl)c(CC=O)n2)OC1(C)C. The van der Waals surface area contributed by atoms with Crippen molar-refractivity contribution in [2.75, 3.05) is 0 Å². The van der Waals surface area contributed by atoms with Crippen LogP contribution in [-0.4, -0.2) is 29.6 Å². The van der Waals surface area contributed by atoms with E-state index in [1.54, 1.807) is 12.1 Å². The lowest BCUT2D eigenvalue weighted by atomic mass is 9.84. The average Bonchev–Trinajstić information content (AvgIpc) is 2.51. The van der Waals surface area contributed by atoms with E-state index in [1.807, 2.05) is 27.7 Å². The summed E-state index contributed by atoms with van der Waals surface area (Å²) >= 11 is 5.99. The van der Waals surface area contributed by atoms with Gasteiger partial charge >= 0.3 is 7.12 Å². The zero-order valence-electron chi connectivity index (χ0n) is 11.6. The number of pyridine rings is 1. The number of carbonyl (C=O) groups is 1. The second-order valence-corrected chi connectivity index (χ2v) is 6.03. The van der Waals surface area contributed by atoms with E-state index in [2.05, 4.69) is 4.98 Å². The molecule has 1 aliphatic rings. The molecule has 0 bridgehead atoms. The minimum atomic E-state index is -0.535. The molecule has 0 aromatic carbocycles. The number of aldehydes is 1. The van der Waals surface area contributed by atoms with Crippen LogP contribution in [0.1, 0.15) is 33.4 Å². The van der Waals surface area contributed by atoms with Crippen molar-refractivity contribution >= 4 is 30.6 Å². The summed E-state index contributed by atoms with van der Waals surface area (Å²) in [7, 11) is -0.535. The third kappa shape index (κ3) is 2.68. The van der Waals surface area contributed by atoms with Crippen molar-refractivity contribution < 1.29 is 14.1 Å². The first kappa shape index (κ1) is 14.5. The van der Waals surface area contributed by atoms with Crippen LogP contribution in [0.4, 0.5) is 0 Å². The van der Waals surface area contributed by atoms with Crippen LogP contribution in [-0.2, 0) is 20.5 Å². The van der Waals surface area contributed by atoms with E-state index in [9.17, 15) is 4.79 Å². The van der Waals surface area contributed by atoms with E-state index in [0.717, 1.165) is 6.29 Å². The number of nitrogens with zero attached hydrogens (tertiary/aromatic N) is 1. The molecule has 0 aliphatic carbocycles. The van der Waals surface area contributed by atoms with Gasteiger partial charge in [-0.25, -0.2) is 0 Å². The average molecular weight is 282 g/mol. The largest absolute Gasteiger partial charge is 0.514 e. The van der Waals surface area contributed by atoms with Crippen molar-refractivity contribution in [3.8, 4) is 0 Å². The van der Waals surface area contributed by atoms with Gasteiger partial charge in [-0.2, -0.15) is 0 Å². The first-order valence-corrected chi connectivity index (χ1v) is 6.59. The van der Waals surface area contributed by atoms with Gasteiger partial charge in [-0.1, -0.05) is 11.6 Å². The Morgan fingerprint density at radius 2 is 1.84 bits per heavy atom. The highest BCUT2D eigenvalue weighted by atomic mass is 35.5. The Hall–Kier alpha value is -0.905. The third-order valence-electron chi connectivity index (χ3n) is 3.71. The van der Waals surface area contributed by atoms with Gasteiger partial charge in [-0.3, -0.25) is 4.98 Å². The predicted molar refractivity (Wildman–Crippen MR) is 74.7 cm³/mol. The smallest absolute Gasteiger partial charge is 0.398 e. The monoisotopic (exact) mass is 281 g/mol. The molecule has 1 aromatic rings. The summed E-state index contributed by atoms with van der Waals surface area (Å²) in [4.78, 5) is 15.0. The Kier molecular flexibility index (Phi) is 3.73. The summed E-state index contributed by atoms with van der Waals surface area (Å²) in [5.41, 5.74) is 0.358. The van der Waals surface area contributed by atoms with Gasteiger partial charge in [0, 0.05) is 6.42 Å². The van der Waals surface area contributed by atoms with Crippen LogP contribution in [0.2, 0.25) is 5.02 Å². The molecule has 2 heterocycles. The van der Waals surface area contributed by atoms with Gasteiger partial charge in [0.05, 0.1) is 27.5 Å². The van der Waals surface area contributed by atoms with E-state index in [0.29, 0.717) is 16.3 Å². The molecule has 1 aromatic heterocycles. The van der Waals surface area contributed by atoms with Gasteiger partial charge < -0.3 is 14.1 Å². The van der Waals surface area contributed by atoms with Gasteiger partial charge in [-0.05, 0) is 39.8 Å². The van der Waals surface area contributed by atoms with Gasteiger partial charge in [0.15, 0.2) is 0 Å². The van der Waals surface area contributed by atoms with Crippen LogP contribution < -0.4 is 5.59 Å². The van der Waals surface area contributed by atoms with Crippen LogP contribution in [0, 0.1) is 0 Å². The topological polar surface area (TPSA) is 48.4 Å². The van der Waals surface area contributed by atoms with Crippen LogP contribution in [0.25, 0.3) is 0 Å². The normalized spacial score (nSPS) is 20.6. The van der Waals surface area contributed by atoms with Crippen molar-refractivity contribution in [2.45, 2.75) is 45.3 Å². The molecule has 6 heteroatoms. The molecular weight excluding hydrogens is 264 g/mol. The highest BCUT2D eigenvalue weighted by molar-refractivity contribution is 6.61. The molecule has 102 valence electrons. The van der Waals surface area contributed by atoms with Crippen molar-refractivity contribution in [1.82, 2.24) is 4.98 Å². The maximum atomic E-state index is 10.6. The molecule has 0 saturated carbocycles. The fourth-order valence-electron chi connectivity index (χ4n) is 1.82. The minimum Gasteiger partial charge on any atom is -0.398 e. The summed E-state index contributed by atoms with van der Waals surface area (Å²) in [5, 5.41) is 0.479. The lowest BCUT2D eigenvalue weighted by Crippen LogP contribution is -2.41. The van der Waals surface area contributed by atoms with Crippen molar-refractivity contribution in [3.63, 3.8) is 0 Å². The van der Waals surface area contributed by atoms with Crippen LogP contribution >= 0.6 is 11.6 Å². The lowest BCUT2D eigenvalue weighted by molar-refractivity contribution is -0.107. The van der Waals surface area contributed by atoms with E-state index in [-0.39, 0.29) is 6.42 Å². The molecule has 0 amide bonds.